The Morgan fingerprint density at radius 1 is 1.11 bits per heavy atom. The summed E-state index contributed by atoms with van der Waals surface area (Å²) in [5.41, 5.74) is 0. The monoisotopic (exact) mass is 268 g/mol. The van der Waals surface area contributed by atoms with Crippen LogP contribution in [0.2, 0.25) is 0 Å². The number of nitrogens with zero attached hydrogens (tertiary/aromatic N) is 1. The lowest BCUT2D eigenvalue weighted by Crippen LogP contribution is -2.47. The summed E-state index contributed by atoms with van der Waals surface area (Å²) in [5, 5.41) is 3.33. The molecule has 0 spiro atoms. The van der Waals surface area contributed by atoms with Crippen molar-refractivity contribution in [3.63, 3.8) is 0 Å². The summed E-state index contributed by atoms with van der Waals surface area (Å²) >= 11 is 0. The average Bonchev–Trinajstić information content (AvgIpc) is 2.28. The number of hydrogen-bond donors (Lipinski definition) is 1. The first kappa shape index (κ1) is 17.7. The maximum absolute atomic E-state index is 12.5. The molecule has 0 aromatic rings. The summed E-state index contributed by atoms with van der Waals surface area (Å²) in [5.74, 6) is 0. The third kappa shape index (κ3) is 7.93. The minimum atomic E-state index is -4.11. The molecule has 5 heteroatoms. The van der Waals surface area contributed by atoms with Crippen molar-refractivity contribution < 1.29 is 13.2 Å². The highest BCUT2D eigenvalue weighted by Crippen LogP contribution is 2.18. The smallest absolute Gasteiger partial charge is 0.312 e. The highest BCUT2D eigenvalue weighted by atomic mass is 19.4. The topological polar surface area (TPSA) is 15.3 Å². The Bertz CT molecular complexity index is 203. The average molecular weight is 268 g/mol. The molecule has 0 aromatic carbocycles. The van der Waals surface area contributed by atoms with E-state index in [-0.39, 0.29) is 6.04 Å². The van der Waals surface area contributed by atoms with Gasteiger partial charge in [0.1, 0.15) is 0 Å². The van der Waals surface area contributed by atoms with Crippen LogP contribution in [0, 0.1) is 0 Å². The molecule has 110 valence electrons. The van der Waals surface area contributed by atoms with E-state index in [0.717, 1.165) is 19.3 Å². The second-order valence-electron chi connectivity index (χ2n) is 4.86. The molecule has 0 amide bonds. The largest absolute Gasteiger partial charge is 0.401 e. The lowest BCUT2D eigenvalue weighted by atomic mass is 10.1. The molecule has 0 saturated carbocycles. The van der Waals surface area contributed by atoms with Gasteiger partial charge in [-0.25, -0.2) is 0 Å². The molecule has 18 heavy (non-hydrogen) atoms. The lowest BCUT2D eigenvalue weighted by molar-refractivity contribution is -0.150. The van der Waals surface area contributed by atoms with E-state index in [1.807, 2.05) is 13.8 Å². The van der Waals surface area contributed by atoms with Crippen LogP contribution in [0.15, 0.2) is 0 Å². The highest BCUT2D eigenvalue weighted by molar-refractivity contribution is 4.74. The van der Waals surface area contributed by atoms with Gasteiger partial charge < -0.3 is 5.32 Å². The Kier molecular flexibility index (Phi) is 8.61. The first-order valence-electron chi connectivity index (χ1n) is 6.88. The van der Waals surface area contributed by atoms with Crippen LogP contribution < -0.4 is 5.32 Å². The molecule has 0 radical (unpaired) electrons. The van der Waals surface area contributed by atoms with E-state index in [4.69, 9.17) is 0 Å². The molecule has 0 aromatic heterocycles. The molecule has 0 rings (SSSR count). The van der Waals surface area contributed by atoms with E-state index in [1.54, 1.807) is 0 Å². The normalized spacial score (nSPS) is 14.5. The van der Waals surface area contributed by atoms with Crippen molar-refractivity contribution in [1.82, 2.24) is 10.2 Å². The first-order chi connectivity index (χ1) is 8.34. The zero-order valence-corrected chi connectivity index (χ0v) is 12.0. The van der Waals surface area contributed by atoms with Crippen molar-refractivity contribution in [1.29, 1.82) is 0 Å². The van der Waals surface area contributed by atoms with Crippen LogP contribution in [0.25, 0.3) is 0 Å². The van der Waals surface area contributed by atoms with Gasteiger partial charge in [-0.3, -0.25) is 4.90 Å². The Hall–Kier alpha value is -0.290. The number of rotatable bonds is 9. The molecule has 1 unspecified atom stereocenters. The molecule has 0 aliphatic carbocycles. The van der Waals surface area contributed by atoms with Gasteiger partial charge in [-0.1, -0.05) is 20.8 Å². The van der Waals surface area contributed by atoms with Crippen LogP contribution in [0.1, 0.15) is 47.0 Å². The standard InChI is InChI=1S/C13H27F3N2/c1-5-8-18(10-13(14,15)16)11(4)9-17-12(6-2)7-3/h11-12,17H,5-10H2,1-4H3. The molecule has 0 aliphatic heterocycles. The predicted molar refractivity (Wildman–Crippen MR) is 69.8 cm³/mol. The molecule has 1 N–H and O–H groups in total. The Morgan fingerprint density at radius 3 is 2.06 bits per heavy atom. The number of hydrogen-bond acceptors (Lipinski definition) is 2. The van der Waals surface area contributed by atoms with E-state index < -0.39 is 12.7 Å². The fourth-order valence-corrected chi connectivity index (χ4v) is 2.02. The Morgan fingerprint density at radius 2 is 1.67 bits per heavy atom. The number of halogens is 3. The fraction of sp³-hybridized carbons (Fsp3) is 1.00. The molecule has 0 aliphatic rings. The maximum Gasteiger partial charge on any atom is 0.401 e. The summed E-state index contributed by atoms with van der Waals surface area (Å²) in [6.45, 7) is 8.23. The third-order valence-corrected chi connectivity index (χ3v) is 3.20. The summed E-state index contributed by atoms with van der Waals surface area (Å²) in [6, 6.07) is 0.314. The highest BCUT2D eigenvalue weighted by Gasteiger charge is 2.32. The van der Waals surface area contributed by atoms with Crippen molar-refractivity contribution >= 4 is 0 Å². The van der Waals surface area contributed by atoms with Gasteiger partial charge in [0.2, 0.25) is 0 Å². The van der Waals surface area contributed by atoms with Gasteiger partial charge in [-0.2, -0.15) is 13.2 Å². The van der Waals surface area contributed by atoms with Crippen molar-refractivity contribution in [2.45, 2.75) is 65.2 Å². The first-order valence-corrected chi connectivity index (χ1v) is 6.88. The maximum atomic E-state index is 12.5. The van der Waals surface area contributed by atoms with Crippen LogP contribution in [-0.4, -0.2) is 42.8 Å². The number of nitrogens with one attached hydrogen (secondary N) is 1. The van der Waals surface area contributed by atoms with Crippen LogP contribution >= 0.6 is 0 Å². The minimum absolute atomic E-state index is 0.0906. The van der Waals surface area contributed by atoms with Crippen LogP contribution in [0.5, 0.6) is 0 Å². The van der Waals surface area contributed by atoms with Gasteiger partial charge in [0, 0.05) is 18.6 Å². The van der Waals surface area contributed by atoms with Gasteiger partial charge in [-0.15, -0.1) is 0 Å². The van der Waals surface area contributed by atoms with Crippen molar-refractivity contribution in [3.05, 3.63) is 0 Å². The molecule has 0 fully saturated rings. The van der Waals surface area contributed by atoms with E-state index in [2.05, 4.69) is 19.2 Å². The van der Waals surface area contributed by atoms with Crippen molar-refractivity contribution in [3.8, 4) is 0 Å². The summed E-state index contributed by atoms with van der Waals surface area (Å²) < 4.78 is 37.4. The van der Waals surface area contributed by atoms with E-state index in [9.17, 15) is 13.2 Å². The molecular formula is C13H27F3N2. The summed E-state index contributed by atoms with van der Waals surface area (Å²) in [6.07, 6.45) is -1.35. The number of alkyl halides is 3. The minimum Gasteiger partial charge on any atom is -0.312 e. The fourth-order valence-electron chi connectivity index (χ4n) is 2.02. The van der Waals surface area contributed by atoms with E-state index >= 15 is 0 Å². The van der Waals surface area contributed by atoms with E-state index in [0.29, 0.717) is 19.1 Å². The van der Waals surface area contributed by atoms with Gasteiger partial charge in [-0.05, 0) is 32.7 Å². The summed E-state index contributed by atoms with van der Waals surface area (Å²) in [4.78, 5) is 1.51. The zero-order chi connectivity index (χ0) is 14.2. The molecular weight excluding hydrogens is 241 g/mol. The van der Waals surface area contributed by atoms with Crippen molar-refractivity contribution in [2.75, 3.05) is 19.6 Å². The molecule has 0 heterocycles. The van der Waals surface area contributed by atoms with Gasteiger partial charge >= 0.3 is 6.18 Å². The second kappa shape index (κ2) is 8.75. The molecule has 0 bridgehead atoms. The Labute approximate surface area is 109 Å². The lowest BCUT2D eigenvalue weighted by Gasteiger charge is -2.31. The van der Waals surface area contributed by atoms with Crippen LogP contribution in [0.4, 0.5) is 13.2 Å². The zero-order valence-electron chi connectivity index (χ0n) is 12.0. The second-order valence-corrected chi connectivity index (χ2v) is 4.86. The molecule has 0 saturated heterocycles. The predicted octanol–water partition coefficient (Wildman–Crippen LogP) is 3.43. The van der Waals surface area contributed by atoms with Crippen LogP contribution in [-0.2, 0) is 0 Å². The third-order valence-electron chi connectivity index (χ3n) is 3.20. The molecule has 1 atom stereocenters. The van der Waals surface area contributed by atoms with Gasteiger partial charge in [0.05, 0.1) is 6.54 Å². The van der Waals surface area contributed by atoms with Crippen LogP contribution in [0.3, 0.4) is 0 Å². The van der Waals surface area contributed by atoms with Gasteiger partial charge in [0.25, 0.3) is 0 Å². The molecule has 2 nitrogen and oxygen atoms in total. The SMILES string of the molecule is CCCN(CC(F)(F)F)C(C)CNC(CC)CC. The van der Waals surface area contributed by atoms with Crippen molar-refractivity contribution in [2.24, 2.45) is 0 Å². The summed E-state index contributed by atoms with van der Waals surface area (Å²) in [7, 11) is 0. The Balaban J connectivity index is 4.25. The van der Waals surface area contributed by atoms with Gasteiger partial charge in [0.15, 0.2) is 0 Å². The quantitative estimate of drug-likeness (QED) is 0.689. The van der Waals surface area contributed by atoms with E-state index in [1.165, 1.54) is 4.90 Å².